The number of furan rings is 1. The molecule has 5 unspecified atom stereocenters. The fraction of sp³-hybridized carbons (Fsp3) is 0.149. The van der Waals surface area contributed by atoms with Crippen molar-refractivity contribution in [1.29, 1.82) is 0 Å². The van der Waals surface area contributed by atoms with Gasteiger partial charge in [0.2, 0.25) is 0 Å². The number of allylic oxidation sites excluding steroid dienone is 5. The van der Waals surface area contributed by atoms with Gasteiger partial charge in [0.15, 0.2) is 0 Å². The highest BCUT2D eigenvalue weighted by Crippen LogP contribution is 2.66. The molecular weight excluding hydrogens is 609 g/mol. The molecule has 0 radical (unpaired) electrons. The first-order valence-corrected chi connectivity index (χ1v) is 18.0. The van der Waals surface area contributed by atoms with Crippen LogP contribution in [0.4, 0.5) is 0 Å². The summed E-state index contributed by atoms with van der Waals surface area (Å²) in [6.07, 6.45) is 18.3. The van der Waals surface area contributed by atoms with Gasteiger partial charge in [-0.2, -0.15) is 0 Å². The largest absolute Gasteiger partial charge is 0.460 e. The van der Waals surface area contributed by atoms with Crippen molar-refractivity contribution in [2.24, 2.45) is 5.92 Å². The molecular formula is C47H36N2O. The van der Waals surface area contributed by atoms with Crippen molar-refractivity contribution in [2.75, 3.05) is 0 Å². The number of rotatable bonds is 3. The minimum absolute atomic E-state index is 0.0303. The van der Waals surface area contributed by atoms with Crippen LogP contribution in [-0.4, -0.2) is 0 Å². The highest BCUT2D eigenvalue weighted by molar-refractivity contribution is 6.04. The molecule has 3 nitrogen and oxygen atoms in total. The van der Waals surface area contributed by atoms with Gasteiger partial charge in [-0.1, -0.05) is 146 Å². The van der Waals surface area contributed by atoms with E-state index in [-0.39, 0.29) is 29.5 Å². The van der Waals surface area contributed by atoms with Crippen LogP contribution in [0.25, 0.3) is 33.9 Å². The molecule has 0 amide bonds. The van der Waals surface area contributed by atoms with E-state index in [1.54, 1.807) is 0 Å². The van der Waals surface area contributed by atoms with Crippen LogP contribution >= 0.6 is 0 Å². The molecule has 2 heterocycles. The number of aryl methyl sites for hydroxylation is 1. The maximum atomic E-state index is 6.83. The van der Waals surface area contributed by atoms with Crippen molar-refractivity contribution in [3.8, 4) is 11.1 Å². The van der Waals surface area contributed by atoms with E-state index in [0.717, 1.165) is 29.9 Å². The molecule has 240 valence electrons. The Balaban J connectivity index is 1.14. The van der Waals surface area contributed by atoms with Crippen LogP contribution in [0.15, 0.2) is 156 Å². The molecule has 0 bridgehead atoms. The van der Waals surface area contributed by atoms with Gasteiger partial charge in [0.25, 0.3) is 0 Å². The van der Waals surface area contributed by atoms with Crippen LogP contribution in [0.5, 0.6) is 0 Å². The van der Waals surface area contributed by atoms with E-state index < -0.39 is 0 Å². The molecule has 1 aromatic heterocycles. The Kier molecular flexibility index (Phi) is 6.03. The van der Waals surface area contributed by atoms with Gasteiger partial charge < -0.3 is 9.73 Å². The molecule has 0 saturated heterocycles. The van der Waals surface area contributed by atoms with Crippen molar-refractivity contribution >= 4 is 22.7 Å². The van der Waals surface area contributed by atoms with E-state index in [1.807, 2.05) is 0 Å². The van der Waals surface area contributed by atoms with Crippen LogP contribution in [0.3, 0.4) is 0 Å². The summed E-state index contributed by atoms with van der Waals surface area (Å²) in [5, 5.41) is 9.01. The number of benzene rings is 5. The summed E-state index contributed by atoms with van der Waals surface area (Å²) in [6.45, 7) is 0. The molecule has 0 saturated carbocycles. The molecule has 50 heavy (non-hydrogen) atoms. The Morgan fingerprint density at radius 3 is 2.40 bits per heavy atom. The third kappa shape index (κ3) is 3.84. The second-order valence-electron chi connectivity index (χ2n) is 14.3. The third-order valence-corrected chi connectivity index (χ3v) is 11.9. The van der Waals surface area contributed by atoms with E-state index in [2.05, 4.69) is 168 Å². The Hall–Kier alpha value is -5.64. The first-order chi connectivity index (χ1) is 24.8. The molecule has 3 heteroatoms. The summed E-state index contributed by atoms with van der Waals surface area (Å²) < 4.78 is 6.83. The predicted octanol–water partition coefficient (Wildman–Crippen LogP) is 10.5. The van der Waals surface area contributed by atoms with E-state index in [1.165, 1.54) is 61.0 Å². The summed E-state index contributed by atoms with van der Waals surface area (Å²) in [6, 6.07) is 42.7. The third-order valence-electron chi connectivity index (χ3n) is 11.9. The lowest BCUT2D eigenvalue weighted by atomic mass is 9.65. The lowest BCUT2D eigenvalue weighted by Gasteiger charge is -2.36. The zero-order chi connectivity index (χ0) is 32.8. The molecule has 6 aromatic rings. The minimum atomic E-state index is -0.342. The van der Waals surface area contributed by atoms with Gasteiger partial charge in [-0.3, -0.25) is 5.32 Å². The monoisotopic (exact) mass is 644 g/mol. The zero-order valence-corrected chi connectivity index (χ0v) is 27.6. The second-order valence-corrected chi connectivity index (χ2v) is 14.3. The Labute approximate surface area is 292 Å². The summed E-state index contributed by atoms with van der Waals surface area (Å²) in [5.74, 6) is 1.66. The lowest BCUT2D eigenvalue weighted by Crippen LogP contribution is -2.39. The molecule has 1 spiro atoms. The van der Waals surface area contributed by atoms with Crippen LogP contribution in [0.2, 0.25) is 0 Å². The maximum Gasteiger partial charge on any atom is 0.143 e. The topological polar surface area (TPSA) is 37.2 Å². The van der Waals surface area contributed by atoms with Crippen LogP contribution in [0, 0.1) is 5.92 Å². The molecule has 11 rings (SSSR count). The Morgan fingerprint density at radius 1 is 0.720 bits per heavy atom. The first kappa shape index (κ1) is 28.2. The van der Waals surface area contributed by atoms with Crippen LogP contribution in [-0.2, 0) is 11.8 Å². The minimum Gasteiger partial charge on any atom is -0.460 e. The molecule has 5 aliphatic rings. The van der Waals surface area contributed by atoms with Crippen molar-refractivity contribution in [2.45, 2.75) is 36.4 Å². The summed E-state index contributed by atoms with van der Waals surface area (Å²) in [4.78, 5) is 0. The van der Waals surface area contributed by atoms with Crippen LogP contribution < -0.4 is 10.6 Å². The summed E-state index contributed by atoms with van der Waals surface area (Å²) in [5.41, 5.74) is 14.9. The fourth-order valence-corrected chi connectivity index (χ4v) is 9.80. The van der Waals surface area contributed by atoms with Gasteiger partial charge in [0, 0.05) is 40.5 Å². The van der Waals surface area contributed by atoms with Crippen molar-refractivity contribution in [3.63, 3.8) is 0 Å². The van der Waals surface area contributed by atoms with E-state index in [0.29, 0.717) is 0 Å². The lowest BCUT2D eigenvalue weighted by molar-refractivity contribution is 0.442. The van der Waals surface area contributed by atoms with Gasteiger partial charge in [0.1, 0.15) is 17.5 Å². The van der Waals surface area contributed by atoms with Crippen molar-refractivity contribution in [1.82, 2.24) is 10.6 Å². The SMILES string of the molecule is C1=CC2c3ccc(C4=CC(c5ccccc5)NC(c5ccccc5)N4)cc3C3(c4ccccc4-c4c3ccc3c5c(oc43)CCC=C5)C2C=C1. The van der Waals surface area contributed by atoms with Gasteiger partial charge in [-0.05, 0) is 63.1 Å². The number of nitrogens with one attached hydrogen (secondary N) is 2. The Morgan fingerprint density at radius 2 is 1.52 bits per heavy atom. The summed E-state index contributed by atoms with van der Waals surface area (Å²) in [7, 11) is 0. The maximum absolute atomic E-state index is 6.83. The number of fused-ring (bicyclic) bond motifs is 14. The van der Waals surface area contributed by atoms with Crippen molar-refractivity contribution in [3.05, 3.63) is 202 Å². The Bertz CT molecular complexity index is 2460. The first-order valence-electron chi connectivity index (χ1n) is 18.0. The average Bonchev–Trinajstić information content (AvgIpc) is 3.82. The predicted molar refractivity (Wildman–Crippen MR) is 202 cm³/mol. The number of hydrogen-bond donors (Lipinski definition) is 2. The van der Waals surface area contributed by atoms with Gasteiger partial charge in [-0.15, -0.1) is 0 Å². The van der Waals surface area contributed by atoms with E-state index >= 15 is 0 Å². The van der Waals surface area contributed by atoms with Crippen LogP contribution in [0.1, 0.15) is 74.8 Å². The second kappa shape index (κ2) is 10.7. The number of hydrogen-bond acceptors (Lipinski definition) is 3. The molecule has 2 N–H and O–H groups in total. The van der Waals surface area contributed by atoms with E-state index in [4.69, 9.17) is 4.42 Å². The molecule has 4 aliphatic carbocycles. The fourth-order valence-electron chi connectivity index (χ4n) is 9.80. The van der Waals surface area contributed by atoms with Gasteiger partial charge in [0.05, 0.1) is 11.5 Å². The molecule has 1 aliphatic heterocycles. The van der Waals surface area contributed by atoms with Crippen molar-refractivity contribution < 1.29 is 4.42 Å². The molecule has 0 fully saturated rings. The highest BCUT2D eigenvalue weighted by Gasteiger charge is 2.57. The normalized spacial score (nSPS) is 25.1. The smallest absolute Gasteiger partial charge is 0.143 e. The standard InChI is InChI=1S/C47H36N2O/c1-3-13-29(14-4-1)41-28-42(49-46(48-41)30-15-5-2-6-16-30)31-23-24-33-32-17-7-10-20-37(32)47(40(33)27-31)38-21-11-8-19-36(38)44-39(47)26-25-35-34-18-9-12-22-43(34)50-45(35)44/h1-11,13-21,23-28,32,37,41,46,48-49H,12,22H2. The van der Waals surface area contributed by atoms with Gasteiger partial charge >= 0.3 is 0 Å². The van der Waals surface area contributed by atoms with E-state index in [9.17, 15) is 0 Å². The summed E-state index contributed by atoms with van der Waals surface area (Å²) >= 11 is 0. The zero-order valence-electron chi connectivity index (χ0n) is 27.6. The molecule has 5 atom stereocenters. The highest BCUT2D eigenvalue weighted by atomic mass is 16.3. The molecule has 5 aromatic carbocycles. The quantitative estimate of drug-likeness (QED) is 0.201. The van der Waals surface area contributed by atoms with Gasteiger partial charge in [-0.25, -0.2) is 0 Å². The average molecular weight is 645 g/mol.